The first kappa shape index (κ1) is 26.6. The van der Waals surface area contributed by atoms with E-state index >= 15 is 0 Å². The highest BCUT2D eigenvalue weighted by Crippen LogP contribution is 2.33. The van der Waals surface area contributed by atoms with Gasteiger partial charge in [0.25, 0.3) is 10.0 Å². The quantitative estimate of drug-likeness (QED) is 0.185. The van der Waals surface area contributed by atoms with Crippen LogP contribution >= 0.6 is 0 Å². The molecular weight excluding hydrogens is 517 g/mol. The third kappa shape index (κ3) is 5.03. The van der Waals surface area contributed by atoms with Crippen molar-refractivity contribution >= 4 is 26.7 Å². The first-order valence-electron chi connectivity index (χ1n) is 11.2. The number of carbonyl (C=O) groups is 1. The fourth-order valence-electron chi connectivity index (χ4n) is 3.86. The largest absolute Gasteiger partial charge is 0.433 e. The number of carbonyl (C=O) groups excluding carboxylic acids is 1. The monoisotopic (exact) mass is 538 g/mol. The average molecular weight is 539 g/mol. The molecule has 0 unspecified atom stereocenters. The molecule has 0 aliphatic rings. The Labute approximate surface area is 217 Å². The lowest BCUT2D eigenvalue weighted by molar-refractivity contribution is -0.141. The summed E-state index contributed by atoms with van der Waals surface area (Å²) < 4.78 is 68.3. The van der Waals surface area contributed by atoms with Gasteiger partial charge in [-0.1, -0.05) is 35.9 Å². The third-order valence-electron chi connectivity index (χ3n) is 5.64. The Morgan fingerprint density at radius 1 is 1.05 bits per heavy atom. The summed E-state index contributed by atoms with van der Waals surface area (Å²) in [5, 5.41) is 9.92. The van der Waals surface area contributed by atoms with Gasteiger partial charge >= 0.3 is 6.18 Å². The second-order valence-electron chi connectivity index (χ2n) is 8.74. The van der Waals surface area contributed by atoms with Gasteiger partial charge in [-0.15, -0.1) is 0 Å². The van der Waals surface area contributed by atoms with Crippen molar-refractivity contribution in [3.63, 3.8) is 0 Å². The highest BCUT2D eigenvalue weighted by atomic mass is 32.2. The molecule has 0 atom stereocenters. The number of nitrogens with zero attached hydrogens (tertiary/aromatic N) is 4. The van der Waals surface area contributed by atoms with Crippen LogP contribution in [0.1, 0.15) is 21.7 Å². The number of hydrogen-bond donors (Lipinski definition) is 0. The van der Waals surface area contributed by atoms with Gasteiger partial charge in [0.05, 0.1) is 16.1 Å². The number of alkyl halides is 3. The molecule has 2 aromatic heterocycles. The standard InChI is InChI=1S/C27H21F3N4O3S/c1-17-7-11-21(12-8-17)38(36,37)34-23-13-18(22-5-4-6-25(32-22)27(28,29)30)9-10-19(23)14-24(34)26(35)20(15-31)16-33(2)3/h4-14,16H,1-3H3. The molecule has 11 heteroatoms. The molecule has 38 heavy (non-hydrogen) atoms. The lowest BCUT2D eigenvalue weighted by atomic mass is 10.1. The van der Waals surface area contributed by atoms with Gasteiger partial charge in [0.15, 0.2) is 0 Å². The highest BCUT2D eigenvalue weighted by Gasteiger charge is 2.33. The van der Waals surface area contributed by atoms with E-state index < -0.39 is 27.7 Å². The summed E-state index contributed by atoms with van der Waals surface area (Å²) in [5.41, 5.74) is -0.627. The van der Waals surface area contributed by atoms with Crippen LogP contribution in [0.4, 0.5) is 13.2 Å². The molecule has 2 heterocycles. The molecule has 194 valence electrons. The van der Waals surface area contributed by atoms with E-state index in [1.165, 1.54) is 59.6 Å². The van der Waals surface area contributed by atoms with Crippen molar-refractivity contribution < 1.29 is 26.4 Å². The molecular formula is C27H21F3N4O3S. The molecule has 2 aromatic carbocycles. The van der Waals surface area contributed by atoms with Crippen LogP contribution in [-0.4, -0.2) is 42.2 Å². The van der Waals surface area contributed by atoms with E-state index in [1.807, 2.05) is 0 Å². The van der Waals surface area contributed by atoms with Gasteiger partial charge in [0, 0.05) is 31.2 Å². The first-order chi connectivity index (χ1) is 17.8. The summed E-state index contributed by atoms with van der Waals surface area (Å²) in [6.07, 6.45) is -3.39. The minimum Gasteiger partial charge on any atom is -0.382 e. The Balaban J connectivity index is 2.01. The lowest BCUT2D eigenvalue weighted by Gasteiger charge is -2.13. The zero-order valence-corrected chi connectivity index (χ0v) is 21.3. The van der Waals surface area contributed by atoms with Crippen molar-refractivity contribution in [2.45, 2.75) is 18.0 Å². The molecule has 4 aromatic rings. The summed E-state index contributed by atoms with van der Waals surface area (Å²) in [6.45, 7) is 1.79. The zero-order valence-electron chi connectivity index (χ0n) is 20.5. The Hall–Kier alpha value is -4.43. The molecule has 0 amide bonds. The van der Waals surface area contributed by atoms with Crippen molar-refractivity contribution in [2.24, 2.45) is 0 Å². The van der Waals surface area contributed by atoms with Gasteiger partial charge in [-0.2, -0.15) is 18.4 Å². The number of allylic oxidation sites excluding steroid dienone is 1. The summed E-state index contributed by atoms with van der Waals surface area (Å²) in [6, 6.07) is 16.9. The number of rotatable bonds is 6. The molecule has 4 rings (SSSR count). The molecule has 0 radical (unpaired) electrons. The van der Waals surface area contributed by atoms with Crippen LogP contribution in [0.2, 0.25) is 0 Å². The number of aryl methyl sites for hydroxylation is 1. The van der Waals surface area contributed by atoms with E-state index in [1.54, 1.807) is 39.2 Å². The molecule has 0 saturated heterocycles. The first-order valence-corrected chi connectivity index (χ1v) is 12.6. The SMILES string of the molecule is Cc1ccc(S(=O)(=O)n2c(C(=O)C(C#N)=CN(C)C)cc3ccc(-c4cccc(C(F)(F)F)n4)cc32)cc1. The van der Waals surface area contributed by atoms with Crippen molar-refractivity contribution in [1.82, 2.24) is 13.9 Å². The number of pyridine rings is 1. The smallest absolute Gasteiger partial charge is 0.382 e. The number of halogens is 3. The van der Waals surface area contributed by atoms with Gasteiger partial charge in [0.1, 0.15) is 23.0 Å². The summed E-state index contributed by atoms with van der Waals surface area (Å²) in [5.74, 6) is -0.827. The van der Waals surface area contributed by atoms with E-state index in [2.05, 4.69) is 4.98 Å². The van der Waals surface area contributed by atoms with Crippen molar-refractivity contribution in [1.29, 1.82) is 5.26 Å². The molecule has 0 bridgehead atoms. The lowest BCUT2D eigenvalue weighted by Crippen LogP contribution is -2.20. The molecule has 0 saturated carbocycles. The van der Waals surface area contributed by atoms with Crippen LogP contribution in [0.3, 0.4) is 0 Å². The predicted octanol–water partition coefficient (Wildman–Crippen LogP) is 5.42. The van der Waals surface area contributed by atoms with Gasteiger partial charge in [0.2, 0.25) is 5.78 Å². The summed E-state index contributed by atoms with van der Waals surface area (Å²) >= 11 is 0. The van der Waals surface area contributed by atoms with E-state index in [0.29, 0.717) is 5.39 Å². The Morgan fingerprint density at radius 3 is 2.34 bits per heavy atom. The van der Waals surface area contributed by atoms with Crippen LogP contribution in [0, 0.1) is 18.3 Å². The maximum Gasteiger partial charge on any atom is 0.433 e. The molecule has 7 nitrogen and oxygen atoms in total. The van der Waals surface area contributed by atoms with Gasteiger partial charge in [-0.25, -0.2) is 17.4 Å². The maximum atomic E-state index is 13.8. The molecule has 0 spiro atoms. The van der Waals surface area contributed by atoms with Crippen molar-refractivity contribution in [3.8, 4) is 17.3 Å². The minimum atomic E-state index is -4.67. The topological polar surface area (TPSA) is 96.1 Å². The summed E-state index contributed by atoms with van der Waals surface area (Å²) in [7, 11) is -1.15. The van der Waals surface area contributed by atoms with Crippen LogP contribution in [0.5, 0.6) is 0 Å². The molecule has 0 N–H and O–H groups in total. The normalized spacial score (nSPS) is 12.4. The Kier molecular flexibility index (Phi) is 6.86. The predicted molar refractivity (Wildman–Crippen MR) is 136 cm³/mol. The van der Waals surface area contributed by atoms with E-state index in [4.69, 9.17) is 0 Å². The number of benzene rings is 2. The Bertz CT molecular complexity index is 1730. The summed E-state index contributed by atoms with van der Waals surface area (Å²) in [4.78, 5) is 18.5. The molecule has 0 fully saturated rings. The molecule has 0 aliphatic heterocycles. The van der Waals surface area contributed by atoms with E-state index in [-0.39, 0.29) is 32.9 Å². The fraction of sp³-hybridized carbons (Fsp3) is 0.148. The van der Waals surface area contributed by atoms with Gasteiger partial charge < -0.3 is 4.90 Å². The number of aromatic nitrogens is 2. The van der Waals surface area contributed by atoms with Crippen molar-refractivity contribution in [3.05, 3.63) is 95.5 Å². The maximum absolute atomic E-state index is 13.8. The highest BCUT2D eigenvalue weighted by molar-refractivity contribution is 7.90. The van der Waals surface area contributed by atoms with E-state index in [0.717, 1.165) is 15.6 Å². The number of hydrogen-bond acceptors (Lipinski definition) is 6. The molecule has 0 aliphatic carbocycles. The fourth-order valence-corrected chi connectivity index (χ4v) is 5.36. The van der Waals surface area contributed by atoms with Crippen molar-refractivity contribution in [2.75, 3.05) is 14.1 Å². The number of nitriles is 1. The third-order valence-corrected chi connectivity index (χ3v) is 7.38. The Morgan fingerprint density at radius 2 is 1.74 bits per heavy atom. The van der Waals surface area contributed by atoms with E-state index in [9.17, 15) is 31.6 Å². The number of Topliss-reactive ketones (excluding diaryl/α,β-unsaturated/α-hetero) is 1. The minimum absolute atomic E-state index is 0.0275. The second-order valence-corrected chi connectivity index (χ2v) is 10.5. The van der Waals surface area contributed by atoms with Crippen LogP contribution < -0.4 is 0 Å². The average Bonchev–Trinajstić information content (AvgIpc) is 3.26. The van der Waals surface area contributed by atoms with Crippen LogP contribution in [-0.2, 0) is 16.2 Å². The van der Waals surface area contributed by atoms with Gasteiger partial charge in [-0.3, -0.25) is 4.79 Å². The van der Waals surface area contributed by atoms with Crippen LogP contribution in [0.25, 0.3) is 22.2 Å². The number of fused-ring (bicyclic) bond motifs is 1. The second kappa shape index (κ2) is 9.79. The van der Waals surface area contributed by atoms with Gasteiger partial charge in [-0.05, 0) is 43.3 Å². The zero-order chi connectivity index (χ0) is 27.8. The van der Waals surface area contributed by atoms with Crippen LogP contribution in [0.15, 0.2) is 83.4 Å². The number of ketones is 1.